The van der Waals surface area contributed by atoms with Crippen LogP contribution >= 0.6 is 0 Å². The van der Waals surface area contributed by atoms with Gasteiger partial charge in [0, 0.05) is 13.7 Å². The van der Waals surface area contributed by atoms with Crippen LogP contribution in [-0.2, 0) is 25.5 Å². The number of nitrogens with zero attached hydrogens (tertiary/aromatic N) is 1. The van der Waals surface area contributed by atoms with Crippen LogP contribution in [0.2, 0.25) is 0 Å². The number of aliphatic hydroxyl groups is 1. The number of ether oxygens (including phenoxy) is 1. The Morgan fingerprint density at radius 2 is 1.97 bits per heavy atom. The first-order valence-corrected chi connectivity index (χ1v) is 10.4. The molecule has 1 heterocycles. The van der Waals surface area contributed by atoms with Crippen LogP contribution in [0.15, 0.2) is 30.3 Å². The lowest BCUT2D eigenvalue weighted by molar-refractivity contribution is -0.137. The number of nitrogens with one attached hydrogen (secondary N) is 2. The summed E-state index contributed by atoms with van der Waals surface area (Å²) in [5, 5.41) is 15.9. The fourth-order valence-electron chi connectivity index (χ4n) is 3.71. The first kappa shape index (κ1) is 23.8. The van der Waals surface area contributed by atoms with E-state index in [-0.39, 0.29) is 17.7 Å². The van der Waals surface area contributed by atoms with Crippen LogP contribution < -0.4 is 10.6 Å². The number of hydrogen-bond acceptors (Lipinski definition) is 5. The van der Waals surface area contributed by atoms with Crippen molar-refractivity contribution in [3.8, 4) is 0 Å². The molecule has 1 aromatic rings. The van der Waals surface area contributed by atoms with E-state index in [0.29, 0.717) is 32.2 Å². The maximum atomic E-state index is 13.0. The molecule has 1 aliphatic heterocycles. The molecule has 166 valence electrons. The molecule has 2 rings (SSSR count). The van der Waals surface area contributed by atoms with Crippen molar-refractivity contribution in [1.82, 2.24) is 15.5 Å². The summed E-state index contributed by atoms with van der Waals surface area (Å²) >= 11 is 0. The van der Waals surface area contributed by atoms with E-state index < -0.39 is 24.4 Å². The van der Waals surface area contributed by atoms with Gasteiger partial charge in [-0.3, -0.25) is 14.4 Å². The summed E-state index contributed by atoms with van der Waals surface area (Å²) in [6.07, 6.45) is 1.65. The van der Waals surface area contributed by atoms with E-state index in [4.69, 9.17) is 4.74 Å². The van der Waals surface area contributed by atoms with Gasteiger partial charge in [0.2, 0.25) is 18.2 Å². The summed E-state index contributed by atoms with van der Waals surface area (Å²) in [4.78, 5) is 38.4. The Kier molecular flexibility index (Phi) is 9.26. The second-order valence-electron chi connectivity index (χ2n) is 8.12. The van der Waals surface area contributed by atoms with Gasteiger partial charge in [-0.05, 0) is 37.2 Å². The highest BCUT2D eigenvalue weighted by Gasteiger charge is 2.33. The lowest BCUT2D eigenvalue weighted by Gasteiger charge is -2.28. The number of likely N-dealkylation sites (tertiary alicyclic amines) is 1. The Morgan fingerprint density at radius 1 is 1.27 bits per heavy atom. The van der Waals surface area contributed by atoms with E-state index in [1.165, 1.54) is 12.0 Å². The van der Waals surface area contributed by atoms with Crippen molar-refractivity contribution >= 4 is 18.2 Å². The lowest BCUT2D eigenvalue weighted by Crippen LogP contribution is -2.56. The van der Waals surface area contributed by atoms with Gasteiger partial charge in [0.25, 0.3) is 0 Å². The topological polar surface area (TPSA) is 108 Å². The molecule has 0 bridgehead atoms. The number of carbonyl (C=O) groups excluding carboxylic acids is 3. The van der Waals surface area contributed by atoms with Gasteiger partial charge in [-0.25, -0.2) is 0 Å². The Balaban J connectivity index is 2.09. The molecule has 0 aliphatic carbocycles. The average Bonchev–Trinajstić information content (AvgIpc) is 3.21. The monoisotopic (exact) mass is 419 g/mol. The van der Waals surface area contributed by atoms with Gasteiger partial charge in [0.15, 0.2) is 6.29 Å². The molecule has 1 fully saturated rings. The predicted octanol–water partition coefficient (Wildman–Crippen LogP) is 0.830. The molecule has 0 aromatic heterocycles. The molecule has 1 aromatic carbocycles. The van der Waals surface area contributed by atoms with E-state index in [1.807, 2.05) is 44.2 Å². The maximum absolute atomic E-state index is 13.0. The largest absolute Gasteiger partial charge is 0.366 e. The number of benzene rings is 1. The Labute approximate surface area is 178 Å². The first-order chi connectivity index (χ1) is 14.3. The minimum atomic E-state index is -1.19. The van der Waals surface area contributed by atoms with E-state index >= 15 is 0 Å². The van der Waals surface area contributed by atoms with Gasteiger partial charge in [-0.2, -0.15) is 0 Å². The van der Waals surface area contributed by atoms with Gasteiger partial charge in [-0.1, -0.05) is 44.2 Å². The highest BCUT2D eigenvalue weighted by Crippen LogP contribution is 2.16. The number of carbonyl (C=O) groups is 3. The molecule has 0 saturated carbocycles. The summed E-state index contributed by atoms with van der Waals surface area (Å²) in [5.74, 6) is -0.552. The Hall–Kier alpha value is -2.45. The number of methoxy groups -OCH3 is 1. The van der Waals surface area contributed by atoms with Crippen LogP contribution in [0.1, 0.15) is 38.7 Å². The van der Waals surface area contributed by atoms with E-state index in [9.17, 15) is 19.5 Å². The standard InChI is InChI=1S/C22H33N3O5/c1-15(2)12-17(23-21(28)19-10-7-11-25(19)14-26)20(27)24-18(22(29)30-3)13-16-8-5-4-6-9-16/h4-6,8-9,14-15,17-19,22,29H,7,10-13H2,1-3H3,(H,23,28)(H,24,27). The zero-order chi connectivity index (χ0) is 22.1. The van der Waals surface area contributed by atoms with Crippen LogP contribution in [0, 0.1) is 5.92 Å². The zero-order valence-corrected chi connectivity index (χ0v) is 17.9. The van der Waals surface area contributed by atoms with Crippen molar-refractivity contribution in [2.24, 2.45) is 5.92 Å². The summed E-state index contributed by atoms with van der Waals surface area (Å²) in [6, 6.07) is 7.49. The van der Waals surface area contributed by atoms with Crippen LogP contribution in [0.4, 0.5) is 0 Å². The molecule has 0 spiro atoms. The quantitative estimate of drug-likeness (QED) is 0.364. The summed E-state index contributed by atoms with van der Waals surface area (Å²) < 4.78 is 5.05. The van der Waals surface area contributed by atoms with Crippen molar-refractivity contribution < 1.29 is 24.2 Å². The molecule has 3 amide bonds. The predicted molar refractivity (Wildman–Crippen MR) is 112 cm³/mol. The smallest absolute Gasteiger partial charge is 0.243 e. The molecular formula is C22H33N3O5. The maximum Gasteiger partial charge on any atom is 0.243 e. The third-order valence-electron chi connectivity index (χ3n) is 5.28. The van der Waals surface area contributed by atoms with Crippen LogP contribution in [0.5, 0.6) is 0 Å². The van der Waals surface area contributed by atoms with Crippen LogP contribution in [0.3, 0.4) is 0 Å². The molecular weight excluding hydrogens is 386 g/mol. The van der Waals surface area contributed by atoms with Gasteiger partial charge in [0.05, 0.1) is 6.04 Å². The van der Waals surface area contributed by atoms with Crippen LogP contribution in [-0.4, -0.2) is 66.3 Å². The summed E-state index contributed by atoms with van der Waals surface area (Å²) in [6.45, 7) is 4.47. The van der Waals surface area contributed by atoms with Crippen molar-refractivity contribution in [3.63, 3.8) is 0 Å². The molecule has 8 heteroatoms. The molecule has 8 nitrogen and oxygen atoms in total. The number of rotatable bonds is 11. The number of hydrogen-bond donors (Lipinski definition) is 3. The molecule has 4 atom stereocenters. The average molecular weight is 420 g/mol. The molecule has 0 radical (unpaired) electrons. The van der Waals surface area contributed by atoms with Crippen molar-refractivity contribution in [1.29, 1.82) is 0 Å². The SMILES string of the molecule is COC(O)C(Cc1ccccc1)NC(=O)C(CC(C)C)NC(=O)C1CCCN1C=O. The third kappa shape index (κ3) is 6.81. The van der Waals surface area contributed by atoms with Gasteiger partial charge in [0.1, 0.15) is 12.1 Å². The first-order valence-electron chi connectivity index (χ1n) is 10.4. The zero-order valence-electron chi connectivity index (χ0n) is 17.9. The fourth-order valence-corrected chi connectivity index (χ4v) is 3.71. The van der Waals surface area contributed by atoms with Gasteiger partial charge >= 0.3 is 0 Å². The molecule has 30 heavy (non-hydrogen) atoms. The Morgan fingerprint density at radius 3 is 2.57 bits per heavy atom. The second kappa shape index (κ2) is 11.7. The van der Waals surface area contributed by atoms with E-state index in [1.54, 1.807) is 0 Å². The summed E-state index contributed by atoms with van der Waals surface area (Å²) in [7, 11) is 1.37. The normalized spacial score (nSPS) is 19.2. The highest BCUT2D eigenvalue weighted by molar-refractivity contribution is 5.90. The number of aliphatic hydroxyl groups excluding tert-OH is 1. The summed E-state index contributed by atoms with van der Waals surface area (Å²) in [5.41, 5.74) is 0.941. The lowest BCUT2D eigenvalue weighted by atomic mass is 10.0. The van der Waals surface area contributed by atoms with Crippen molar-refractivity contribution in [3.05, 3.63) is 35.9 Å². The minimum absolute atomic E-state index is 0.159. The van der Waals surface area contributed by atoms with Gasteiger partial charge < -0.3 is 25.4 Å². The molecule has 3 N–H and O–H groups in total. The van der Waals surface area contributed by atoms with Gasteiger partial charge in [-0.15, -0.1) is 0 Å². The molecule has 1 saturated heterocycles. The fraction of sp³-hybridized carbons (Fsp3) is 0.591. The molecule has 1 aliphatic rings. The third-order valence-corrected chi connectivity index (χ3v) is 5.28. The van der Waals surface area contributed by atoms with E-state index in [0.717, 1.165) is 12.0 Å². The van der Waals surface area contributed by atoms with Crippen LogP contribution in [0.25, 0.3) is 0 Å². The van der Waals surface area contributed by atoms with Crippen molar-refractivity contribution in [2.75, 3.05) is 13.7 Å². The highest BCUT2D eigenvalue weighted by atomic mass is 16.6. The number of amides is 3. The second-order valence-corrected chi connectivity index (χ2v) is 8.12. The van der Waals surface area contributed by atoms with E-state index in [2.05, 4.69) is 10.6 Å². The minimum Gasteiger partial charge on any atom is -0.366 e. The van der Waals surface area contributed by atoms with Crippen molar-refractivity contribution in [2.45, 2.75) is 63.9 Å². The molecule has 4 unspecified atom stereocenters. The Bertz CT molecular complexity index is 697.